The summed E-state index contributed by atoms with van der Waals surface area (Å²) in [5, 5.41) is 0. The summed E-state index contributed by atoms with van der Waals surface area (Å²) in [6, 6.07) is 0. The summed E-state index contributed by atoms with van der Waals surface area (Å²) in [7, 11) is 4.60. The van der Waals surface area contributed by atoms with Crippen LogP contribution < -0.4 is 0 Å². The van der Waals surface area contributed by atoms with Crippen LogP contribution in [0.3, 0.4) is 0 Å². The highest BCUT2D eigenvalue weighted by atomic mass is 16.9. The molecule has 0 spiro atoms. The zero-order chi connectivity index (χ0) is 15.3. The molecule has 5 nitrogen and oxygen atoms in total. The van der Waals surface area contributed by atoms with Gasteiger partial charge in [0.2, 0.25) is 6.08 Å². The van der Waals surface area contributed by atoms with Crippen LogP contribution in [-0.2, 0) is 19.0 Å². The van der Waals surface area contributed by atoms with E-state index in [0.717, 1.165) is 19.3 Å². The van der Waals surface area contributed by atoms with Crippen LogP contribution in [-0.4, -0.2) is 39.9 Å². The smallest absolute Gasteiger partial charge is 0.286 e. The number of rotatable bonds is 13. The van der Waals surface area contributed by atoms with E-state index >= 15 is 0 Å². The van der Waals surface area contributed by atoms with E-state index in [2.05, 4.69) is 11.9 Å². The summed E-state index contributed by atoms with van der Waals surface area (Å²) in [5.74, 6) is -1.25. The standard InChI is InChI=1S/C15H29NO4/c1-5-6-7-8-9-10-11-14(12-16-13-17)15(18-2,19-3)20-4/h14H,5-12H2,1-4H3. The van der Waals surface area contributed by atoms with Crippen molar-refractivity contribution < 1.29 is 19.0 Å². The highest BCUT2D eigenvalue weighted by Crippen LogP contribution is 2.29. The summed E-state index contributed by atoms with van der Waals surface area (Å²) in [5.41, 5.74) is 0. The first-order valence-corrected chi connectivity index (χ1v) is 7.39. The molecule has 0 saturated heterocycles. The van der Waals surface area contributed by atoms with E-state index in [1.54, 1.807) is 6.08 Å². The van der Waals surface area contributed by atoms with Crippen LogP contribution in [0, 0.1) is 5.92 Å². The Kier molecular flexibility index (Phi) is 11.6. The Morgan fingerprint density at radius 3 is 2.05 bits per heavy atom. The second-order valence-electron chi connectivity index (χ2n) is 4.90. The molecule has 0 aromatic heterocycles. The molecular formula is C15H29NO4. The lowest BCUT2D eigenvalue weighted by molar-refractivity contribution is -0.377. The van der Waals surface area contributed by atoms with E-state index in [0.29, 0.717) is 6.54 Å². The van der Waals surface area contributed by atoms with E-state index in [1.165, 1.54) is 47.0 Å². The van der Waals surface area contributed by atoms with Crippen molar-refractivity contribution >= 4 is 6.08 Å². The van der Waals surface area contributed by atoms with Crippen LogP contribution in [0.1, 0.15) is 51.9 Å². The van der Waals surface area contributed by atoms with Gasteiger partial charge in [-0.3, -0.25) is 0 Å². The minimum atomic E-state index is -1.14. The Hall–Kier alpha value is -0.740. The zero-order valence-electron chi connectivity index (χ0n) is 13.3. The van der Waals surface area contributed by atoms with E-state index in [1.807, 2.05) is 0 Å². The van der Waals surface area contributed by atoms with Crippen LogP contribution in [0.4, 0.5) is 0 Å². The van der Waals surface area contributed by atoms with Crippen molar-refractivity contribution in [2.75, 3.05) is 27.9 Å². The summed E-state index contributed by atoms with van der Waals surface area (Å²) >= 11 is 0. The zero-order valence-corrected chi connectivity index (χ0v) is 13.3. The first kappa shape index (κ1) is 19.3. The Balaban J connectivity index is 4.36. The third-order valence-corrected chi connectivity index (χ3v) is 3.64. The van der Waals surface area contributed by atoms with Gasteiger partial charge in [-0.05, 0) is 6.42 Å². The maximum Gasteiger partial charge on any atom is 0.286 e. The predicted octanol–water partition coefficient (Wildman–Crippen LogP) is 3.28. The molecule has 0 radical (unpaired) electrons. The highest BCUT2D eigenvalue weighted by Gasteiger charge is 2.39. The molecule has 0 bridgehead atoms. The third kappa shape index (κ3) is 6.62. The van der Waals surface area contributed by atoms with Gasteiger partial charge in [-0.25, -0.2) is 9.79 Å². The number of nitrogens with zero attached hydrogens (tertiary/aromatic N) is 1. The average Bonchev–Trinajstić information content (AvgIpc) is 2.49. The highest BCUT2D eigenvalue weighted by molar-refractivity contribution is 5.32. The molecule has 0 saturated carbocycles. The lowest BCUT2D eigenvalue weighted by atomic mass is 9.97. The number of ether oxygens (including phenoxy) is 3. The summed E-state index contributed by atoms with van der Waals surface area (Å²) in [4.78, 5) is 14.0. The van der Waals surface area contributed by atoms with Crippen molar-refractivity contribution in [1.29, 1.82) is 0 Å². The fraction of sp³-hybridized carbons (Fsp3) is 0.933. The lowest BCUT2D eigenvalue weighted by Crippen LogP contribution is -2.45. The number of isocyanates is 1. The average molecular weight is 287 g/mol. The molecule has 0 aliphatic heterocycles. The Morgan fingerprint density at radius 1 is 1.00 bits per heavy atom. The van der Waals surface area contributed by atoms with Gasteiger partial charge < -0.3 is 14.2 Å². The molecule has 1 unspecified atom stereocenters. The molecular weight excluding hydrogens is 258 g/mol. The molecule has 0 aromatic rings. The van der Waals surface area contributed by atoms with Gasteiger partial charge in [0.25, 0.3) is 5.97 Å². The number of carbonyl (C=O) groups excluding carboxylic acids is 1. The van der Waals surface area contributed by atoms with Crippen LogP contribution >= 0.6 is 0 Å². The Bertz CT molecular complexity index is 265. The molecule has 118 valence electrons. The van der Waals surface area contributed by atoms with Crippen molar-refractivity contribution in [2.24, 2.45) is 10.9 Å². The number of hydrogen-bond donors (Lipinski definition) is 0. The monoisotopic (exact) mass is 287 g/mol. The fourth-order valence-corrected chi connectivity index (χ4v) is 2.45. The van der Waals surface area contributed by atoms with Gasteiger partial charge in [-0.1, -0.05) is 45.4 Å². The maximum atomic E-state index is 10.3. The summed E-state index contributed by atoms with van der Waals surface area (Å²) in [6.45, 7) is 2.51. The van der Waals surface area contributed by atoms with Gasteiger partial charge in [-0.15, -0.1) is 0 Å². The summed E-state index contributed by atoms with van der Waals surface area (Å²) in [6.07, 6.45) is 9.66. The molecule has 0 aliphatic carbocycles. The predicted molar refractivity (Wildman–Crippen MR) is 78.2 cm³/mol. The van der Waals surface area contributed by atoms with E-state index < -0.39 is 5.97 Å². The van der Waals surface area contributed by atoms with E-state index in [4.69, 9.17) is 14.2 Å². The van der Waals surface area contributed by atoms with Gasteiger partial charge in [-0.2, -0.15) is 0 Å². The van der Waals surface area contributed by atoms with Gasteiger partial charge >= 0.3 is 0 Å². The molecule has 1 atom stereocenters. The molecule has 0 fully saturated rings. The van der Waals surface area contributed by atoms with Crippen molar-refractivity contribution in [2.45, 2.75) is 57.8 Å². The lowest BCUT2D eigenvalue weighted by Gasteiger charge is -2.35. The third-order valence-electron chi connectivity index (χ3n) is 3.64. The van der Waals surface area contributed by atoms with Crippen molar-refractivity contribution in [3.63, 3.8) is 0 Å². The minimum Gasteiger partial charge on any atom is -0.331 e. The molecule has 20 heavy (non-hydrogen) atoms. The molecule has 0 rings (SSSR count). The van der Waals surface area contributed by atoms with Crippen molar-refractivity contribution in [3.8, 4) is 0 Å². The number of methoxy groups -OCH3 is 3. The minimum absolute atomic E-state index is 0.116. The number of aliphatic imine (C=N–C) groups is 1. The fourth-order valence-electron chi connectivity index (χ4n) is 2.45. The topological polar surface area (TPSA) is 57.1 Å². The quantitative estimate of drug-likeness (QED) is 0.226. The van der Waals surface area contributed by atoms with E-state index in [-0.39, 0.29) is 5.92 Å². The van der Waals surface area contributed by atoms with Gasteiger partial charge in [0, 0.05) is 21.3 Å². The van der Waals surface area contributed by atoms with Gasteiger partial charge in [0.05, 0.1) is 12.5 Å². The number of hydrogen-bond acceptors (Lipinski definition) is 5. The van der Waals surface area contributed by atoms with Crippen molar-refractivity contribution in [3.05, 3.63) is 0 Å². The molecule has 5 heteroatoms. The number of unbranched alkanes of at least 4 members (excludes halogenated alkanes) is 5. The first-order valence-electron chi connectivity index (χ1n) is 7.39. The molecule has 0 N–H and O–H groups in total. The molecule has 0 heterocycles. The molecule has 0 amide bonds. The Labute approximate surface area is 122 Å². The van der Waals surface area contributed by atoms with Crippen LogP contribution in [0.25, 0.3) is 0 Å². The van der Waals surface area contributed by atoms with Crippen LogP contribution in [0.5, 0.6) is 0 Å². The first-order chi connectivity index (χ1) is 9.70. The van der Waals surface area contributed by atoms with E-state index in [9.17, 15) is 4.79 Å². The second-order valence-corrected chi connectivity index (χ2v) is 4.90. The van der Waals surface area contributed by atoms with Crippen LogP contribution in [0.15, 0.2) is 4.99 Å². The normalized spacial score (nSPS) is 13.0. The second kappa shape index (κ2) is 12.0. The van der Waals surface area contributed by atoms with Gasteiger partial charge in [0.1, 0.15) is 0 Å². The van der Waals surface area contributed by atoms with Gasteiger partial charge in [0.15, 0.2) is 0 Å². The largest absolute Gasteiger partial charge is 0.331 e. The van der Waals surface area contributed by atoms with Crippen molar-refractivity contribution in [1.82, 2.24) is 0 Å². The Morgan fingerprint density at radius 2 is 1.55 bits per heavy atom. The summed E-state index contributed by atoms with van der Waals surface area (Å²) < 4.78 is 16.1. The van der Waals surface area contributed by atoms with Crippen LogP contribution in [0.2, 0.25) is 0 Å². The SMILES string of the molecule is CCCCCCCCC(CN=C=O)C(OC)(OC)OC. The molecule has 0 aromatic carbocycles. The molecule has 0 aliphatic rings. The maximum absolute atomic E-state index is 10.3.